The first kappa shape index (κ1) is 18.0. The molecule has 1 saturated carbocycles. The third-order valence-corrected chi connectivity index (χ3v) is 5.62. The molecule has 0 unspecified atom stereocenters. The highest BCUT2D eigenvalue weighted by atomic mass is 79.9. The van der Waals surface area contributed by atoms with Crippen LogP contribution in [-0.4, -0.2) is 21.0 Å². The zero-order valence-electron chi connectivity index (χ0n) is 15.0. The number of aromatic nitrogens is 3. The van der Waals surface area contributed by atoms with Crippen molar-refractivity contribution in [2.75, 3.05) is 11.1 Å². The van der Waals surface area contributed by atoms with Gasteiger partial charge in [0.1, 0.15) is 17.5 Å². The van der Waals surface area contributed by atoms with Crippen molar-refractivity contribution >= 4 is 38.3 Å². The topological polar surface area (TPSA) is 86.0 Å². The molecule has 7 heteroatoms. The van der Waals surface area contributed by atoms with Gasteiger partial charge in [-0.25, -0.2) is 4.98 Å². The second-order valence-electron chi connectivity index (χ2n) is 6.82. The van der Waals surface area contributed by atoms with Crippen LogP contribution in [0.15, 0.2) is 41.3 Å². The Bertz CT molecular complexity index is 941. The number of nitrogen functional groups attached to an aromatic ring is 1. The molecule has 6 nitrogen and oxygen atoms in total. The summed E-state index contributed by atoms with van der Waals surface area (Å²) >= 11 is 3.55. The van der Waals surface area contributed by atoms with Crippen LogP contribution in [0.5, 0.6) is 11.6 Å². The molecule has 1 fully saturated rings. The van der Waals surface area contributed by atoms with E-state index in [9.17, 15) is 0 Å². The van der Waals surface area contributed by atoms with Gasteiger partial charge in [0.25, 0.3) is 0 Å². The minimum atomic E-state index is 0.343. The number of benzene rings is 1. The van der Waals surface area contributed by atoms with Crippen LogP contribution in [0.25, 0.3) is 10.9 Å². The average Bonchev–Trinajstić information content (AvgIpc) is 2.96. The van der Waals surface area contributed by atoms with Crippen molar-refractivity contribution < 1.29 is 4.74 Å². The Morgan fingerprint density at radius 3 is 2.67 bits per heavy atom. The Labute approximate surface area is 166 Å². The number of nitrogens with zero attached hydrogens (tertiary/aromatic N) is 3. The van der Waals surface area contributed by atoms with E-state index in [0.29, 0.717) is 29.2 Å². The molecule has 4 rings (SSSR count). The van der Waals surface area contributed by atoms with Crippen molar-refractivity contribution in [3.05, 3.63) is 41.3 Å². The van der Waals surface area contributed by atoms with Gasteiger partial charge < -0.3 is 15.8 Å². The molecule has 0 atom stereocenters. The molecule has 3 N–H and O–H groups in total. The number of nitrogens with two attached hydrogens (primary N) is 1. The first-order valence-corrected chi connectivity index (χ1v) is 10.1. The fraction of sp³-hybridized carbons (Fsp3) is 0.350. The van der Waals surface area contributed by atoms with E-state index in [1.165, 1.54) is 32.0 Å². The van der Waals surface area contributed by atoms with E-state index < -0.39 is 0 Å². The highest BCUT2D eigenvalue weighted by Crippen LogP contribution is 2.35. The van der Waals surface area contributed by atoms with Crippen molar-refractivity contribution in [2.45, 2.75) is 44.6 Å². The van der Waals surface area contributed by atoms with Crippen molar-refractivity contribution in [1.82, 2.24) is 15.0 Å². The van der Waals surface area contributed by atoms with E-state index >= 15 is 0 Å². The highest BCUT2D eigenvalue weighted by Gasteiger charge is 2.17. The Balaban J connectivity index is 1.61. The molecule has 2 heterocycles. The molecular formula is C20H22BrN5O. The van der Waals surface area contributed by atoms with Crippen molar-refractivity contribution in [2.24, 2.45) is 0 Å². The van der Waals surface area contributed by atoms with Gasteiger partial charge >= 0.3 is 0 Å². The summed E-state index contributed by atoms with van der Waals surface area (Å²) in [7, 11) is 0. The van der Waals surface area contributed by atoms with Crippen LogP contribution >= 0.6 is 15.9 Å². The number of fused-ring (bicyclic) bond motifs is 1. The molecular weight excluding hydrogens is 406 g/mol. The maximum Gasteiger partial charge on any atom is 0.248 e. The smallest absolute Gasteiger partial charge is 0.248 e. The van der Waals surface area contributed by atoms with Crippen LogP contribution in [0.1, 0.15) is 38.5 Å². The Morgan fingerprint density at radius 2 is 1.85 bits per heavy atom. The number of anilines is 2. The first-order valence-electron chi connectivity index (χ1n) is 9.30. The van der Waals surface area contributed by atoms with Crippen LogP contribution in [0.4, 0.5) is 11.5 Å². The standard InChI is InChI=1S/C20H22BrN5O/c21-15-9-10-16(18-14(15)8-5-11-23-18)27-20-17(22)19(24-12-25-20)26-13-6-3-1-2-4-7-13/h5,8-13H,1-4,6-7,22H2,(H,24,25,26). The molecule has 140 valence electrons. The van der Waals surface area contributed by atoms with Gasteiger partial charge in [-0.15, -0.1) is 0 Å². The van der Waals surface area contributed by atoms with Crippen LogP contribution in [0, 0.1) is 0 Å². The average molecular weight is 428 g/mol. The Hall–Kier alpha value is -2.41. The van der Waals surface area contributed by atoms with E-state index in [0.717, 1.165) is 28.2 Å². The van der Waals surface area contributed by atoms with Gasteiger partial charge in [-0.1, -0.05) is 47.7 Å². The minimum absolute atomic E-state index is 0.343. The summed E-state index contributed by atoms with van der Waals surface area (Å²) in [6.45, 7) is 0. The lowest BCUT2D eigenvalue weighted by Gasteiger charge is -2.19. The predicted octanol–water partition coefficient (Wildman–Crippen LogP) is 5.30. The van der Waals surface area contributed by atoms with Gasteiger partial charge in [0.05, 0.1) is 0 Å². The number of ether oxygens (including phenoxy) is 1. The summed E-state index contributed by atoms with van der Waals surface area (Å²) < 4.78 is 6.99. The van der Waals surface area contributed by atoms with Gasteiger partial charge in [0, 0.05) is 22.1 Å². The SMILES string of the molecule is Nc1c(NC2CCCCCC2)ncnc1Oc1ccc(Br)c2cccnc12. The summed E-state index contributed by atoms with van der Waals surface area (Å²) in [5, 5.41) is 4.45. The monoisotopic (exact) mass is 427 g/mol. The maximum absolute atomic E-state index is 6.32. The maximum atomic E-state index is 6.32. The number of hydrogen-bond acceptors (Lipinski definition) is 6. The number of hydrogen-bond donors (Lipinski definition) is 2. The molecule has 0 bridgehead atoms. The fourth-order valence-electron chi connectivity index (χ4n) is 3.49. The fourth-order valence-corrected chi connectivity index (χ4v) is 3.94. The van der Waals surface area contributed by atoms with E-state index in [1.54, 1.807) is 6.20 Å². The van der Waals surface area contributed by atoms with Gasteiger partial charge in [-0.05, 0) is 31.0 Å². The van der Waals surface area contributed by atoms with Crippen LogP contribution in [0.2, 0.25) is 0 Å². The van der Waals surface area contributed by atoms with Gasteiger partial charge in [0.15, 0.2) is 11.6 Å². The zero-order valence-corrected chi connectivity index (χ0v) is 16.6. The van der Waals surface area contributed by atoms with E-state index in [-0.39, 0.29) is 0 Å². The molecule has 3 aromatic rings. The highest BCUT2D eigenvalue weighted by molar-refractivity contribution is 9.10. The molecule has 0 radical (unpaired) electrons. The number of halogens is 1. The summed E-state index contributed by atoms with van der Waals surface area (Å²) in [6, 6.07) is 8.07. The Morgan fingerprint density at radius 1 is 1.04 bits per heavy atom. The van der Waals surface area contributed by atoms with Crippen molar-refractivity contribution in [1.29, 1.82) is 0 Å². The van der Waals surface area contributed by atoms with E-state index in [4.69, 9.17) is 10.5 Å². The molecule has 0 spiro atoms. The third kappa shape index (κ3) is 3.98. The van der Waals surface area contributed by atoms with Crippen LogP contribution in [-0.2, 0) is 0 Å². The normalized spacial score (nSPS) is 15.4. The summed E-state index contributed by atoms with van der Waals surface area (Å²) in [4.78, 5) is 13.0. The molecule has 1 aliphatic carbocycles. The van der Waals surface area contributed by atoms with Crippen LogP contribution < -0.4 is 15.8 Å². The molecule has 27 heavy (non-hydrogen) atoms. The van der Waals surface area contributed by atoms with E-state index in [2.05, 4.69) is 36.2 Å². The largest absolute Gasteiger partial charge is 0.435 e. The molecule has 0 saturated heterocycles. The molecule has 0 aliphatic heterocycles. The number of rotatable bonds is 4. The molecule has 1 aromatic carbocycles. The second kappa shape index (κ2) is 8.08. The van der Waals surface area contributed by atoms with Crippen LogP contribution in [0.3, 0.4) is 0 Å². The minimum Gasteiger partial charge on any atom is -0.435 e. The lowest BCUT2D eigenvalue weighted by molar-refractivity contribution is 0.468. The predicted molar refractivity (Wildman–Crippen MR) is 111 cm³/mol. The lowest BCUT2D eigenvalue weighted by Crippen LogP contribution is -2.20. The first-order chi connectivity index (χ1) is 13.2. The lowest BCUT2D eigenvalue weighted by atomic mass is 10.1. The van der Waals surface area contributed by atoms with Gasteiger partial charge in [-0.3, -0.25) is 4.98 Å². The van der Waals surface area contributed by atoms with Crippen molar-refractivity contribution in [3.63, 3.8) is 0 Å². The number of nitrogens with one attached hydrogen (secondary N) is 1. The summed E-state index contributed by atoms with van der Waals surface area (Å²) in [6.07, 6.45) is 10.6. The molecule has 1 aliphatic rings. The second-order valence-corrected chi connectivity index (χ2v) is 7.68. The molecule has 0 amide bonds. The quantitative estimate of drug-likeness (QED) is 0.549. The van der Waals surface area contributed by atoms with Gasteiger partial charge in [0.2, 0.25) is 5.88 Å². The summed E-state index contributed by atoms with van der Waals surface area (Å²) in [5.74, 6) is 1.59. The third-order valence-electron chi connectivity index (χ3n) is 4.93. The molecule has 2 aromatic heterocycles. The summed E-state index contributed by atoms with van der Waals surface area (Å²) in [5.41, 5.74) is 7.50. The Kier molecular flexibility index (Phi) is 5.38. The number of pyridine rings is 1. The van der Waals surface area contributed by atoms with Crippen molar-refractivity contribution in [3.8, 4) is 11.6 Å². The van der Waals surface area contributed by atoms with Gasteiger partial charge in [-0.2, -0.15) is 4.98 Å². The van der Waals surface area contributed by atoms with E-state index in [1.807, 2.05) is 24.3 Å². The zero-order chi connectivity index (χ0) is 18.6.